The zero-order valence-electron chi connectivity index (χ0n) is 9.09. The van der Waals surface area contributed by atoms with E-state index in [4.69, 9.17) is 0 Å². The van der Waals surface area contributed by atoms with Crippen LogP contribution in [0.5, 0.6) is 0 Å². The van der Waals surface area contributed by atoms with Gasteiger partial charge in [-0.3, -0.25) is 9.59 Å². The van der Waals surface area contributed by atoms with E-state index in [1.807, 2.05) is 13.8 Å². The first-order chi connectivity index (χ1) is 6.61. The molecule has 0 radical (unpaired) electrons. The Morgan fingerprint density at radius 3 is 2.36 bits per heavy atom. The van der Waals surface area contributed by atoms with Crippen LogP contribution in [0.25, 0.3) is 0 Å². The van der Waals surface area contributed by atoms with Crippen molar-refractivity contribution in [3.05, 3.63) is 0 Å². The number of amides is 2. The third kappa shape index (κ3) is 5.53. The Hall–Kier alpha value is -1.10. The fourth-order valence-corrected chi connectivity index (χ4v) is 0.787. The van der Waals surface area contributed by atoms with E-state index in [1.165, 1.54) is 0 Å². The third-order valence-electron chi connectivity index (χ3n) is 1.87. The van der Waals surface area contributed by atoms with Crippen LogP contribution in [0.15, 0.2) is 0 Å². The van der Waals surface area contributed by atoms with Crippen LogP contribution in [0.4, 0.5) is 0 Å². The van der Waals surface area contributed by atoms with Gasteiger partial charge in [0.15, 0.2) is 0 Å². The molecule has 0 rings (SSSR count). The average Bonchev–Trinajstić information content (AvgIpc) is 2.21. The quantitative estimate of drug-likeness (QED) is 0.591. The Kier molecular flexibility index (Phi) is 6.74. The number of hydrogen-bond acceptors (Lipinski definition) is 3. The molecule has 0 aromatic heterocycles. The lowest BCUT2D eigenvalue weighted by Crippen LogP contribution is -2.41. The third-order valence-corrected chi connectivity index (χ3v) is 1.87. The normalized spacial score (nSPS) is 9.64. The summed E-state index contributed by atoms with van der Waals surface area (Å²) < 4.78 is 0. The Morgan fingerprint density at radius 2 is 1.86 bits per heavy atom. The van der Waals surface area contributed by atoms with Crippen LogP contribution in [-0.2, 0) is 9.59 Å². The fourth-order valence-electron chi connectivity index (χ4n) is 0.787. The topological polar surface area (TPSA) is 61.4 Å². The highest BCUT2D eigenvalue weighted by molar-refractivity contribution is 5.85. The highest BCUT2D eigenvalue weighted by Crippen LogP contribution is 1.81. The summed E-state index contributed by atoms with van der Waals surface area (Å²) in [5.41, 5.74) is 0. The van der Waals surface area contributed by atoms with Crippen LogP contribution in [-0.4, -0.2) is 49.9 Å². The Labute approximate surface area is 84.8 Å². The number of nitrogens with zero attached hydrogens (tertiary/aromatic N) is 1. The smallest absolute Gasteiger partial charge is 0.241 e. The van der Waals surface area contributed by atoms with Gasteiger partial charge >= 0.3 is 0 Å². The summed E-state index contributed by atoms with van der Waals surface area (Å²) in [7, 11) is 1.71. The van der Waals surface area contributed by atoms with E-state index in [9.17, 15) is 9.59 Å². The van der Waals surface area contributed by atoms with Gasteiger partial charge in [0.2, 0.25) is 11.8 Å². The van der Waals surface area contributed by atoms with Gasteiger partial charge < -0.3 is 15.5 Å². The van der Waals surface area contributed by atoms with E-state index >= 15 is 0 Å². The SMILES string of the molecule is CCNCC(=O)NCC(=O)N(C)CC. The first kappa shape index (κ1) is 12.9. The molecule has 2 N–H and O–H groups in total. The van der Waals surface area contributed by atoms with Crippen LogP contribution >= 0.6 is 0 Å². The first-order valence-electron chi connectivity index (χ1n) is 4.83. The monoisotopic (exact) mass is 201 g/mol. The summed E-state index contributed by atoms with van der Waals surface area (Å²) in [6.45, 7) is 5.55. The zero-order valence-corrected chi connectivity index (χ0v) is 9.09. The second-order valence-electron chi connectivity index (χ2n) is 2.96. The van der Waals surface area contributed by atoms with Gasteiger partial charge in [0, 0.05) is 13.6 Å². The molecule has 2 amide bonds. The van der Waals surface area contributed by atoms with Crippen LogP contribution in [0.1, 0.15) is 13.8 Å². The van der Waals surface area contributed by atoms with Crippen LogP contribution < -0.4 is 10.6 Å². The lowest BCUT2D eigenvalue weighted by molar-refractivity contribution is -0.131. The molecule has 5 nitrogen and oxygen atoms in total. The maximum Gasteiger partial charge on any atom is 0.241 e. The summed E-state index contributed by atoms with van der Waals surface area (Å²) in [4.78, 5) is 23.9. The van der Waals surface area contributed by atoms with Crippen molar-refractivity contribution < 1.29 is 9.59 Å². The van der Waals surface area contributed by atoms with Gasteiger partial charge in [-0.25, -0.2) is 0 Å². The van der Waals surface area contributed by atoms with Gasteiger partial charge in [0.05, 0.1) is 13.1 Å². The molecule has 5 heteroatoms. The fraction of sp³-hybridized carbons (Fsp3) is 0.778. The number of rotatable bonds is 6. The number of carbonyl (C=O) groups excluding carboxylic acids is 2. The van der Waals surface area contributed by atoms with E-state index in [0.29, 0.717) is 6.54 Å². The number of hydrogen-bond donors (Lipinski definition) is 2. The van der Waals surface area contributed by atoms with E-state index in [-0.39, 0.29) is 24.9 Å². The first-order valence-corrected chi connectivity index (χ1v) is 4.83. The molecule has 0 aromatic carbocycles. The van der Waals surface area contributed by atoms with E-state index in [2.05, 4.69) is 10.6 Å². The molecule has 0 saturated heterocycles. The second-order valence-corrected chi connectivity index (χ2v) is 2.96. The molecule has 14 heavy (non-hydrogen) atoms. The molecule has 0 fully saturated rings. The number of carbonyl (C=O) groups is 2. The molecule has 0 bridgehead atoms. The van der Waals surface area contributed by atoms with Crippen molar-refractivity contribution in [3.8, 4) is 0 Å². The lowest BCUT2D eigenvalue weighted by Gasteiger charge is -2.14. The summed E-state index contributed by atoms with van der Waals surface area (Å²) in [6.07, 6.45) is 0. The lowest BCUT2D eigenvalue weighted by atomic mass is 10.4. The maximum atomic E-state index is 11.2. The predicted octanol–water partition coefficient (Wildman–Crippen LogP) is -0.810. The average molecular weight is 201 g/mol. The molecule has 0 aliphatic carbocycles. The van der Waals surface area contributed by atoms with Crippen molar-refractivity contribution in [2.45, 2.75) is 13.8 Å². The molecule has 0 aromatic rings. The van der Waals surface area contributed by atoms with Crippen molar-refractivity contribution >= 4 is 11.8 Å². The standard InChI is InChI=1S/C9H19N3O2/c1-4-10-6-8(13)11-7-9(14)12(3)5-2/h10H,4-7H2,1-3H3,(H,11,13). The number of likely N-dealkylation sites (N-methyl/N-ethyl adjacent to an activating group) is 2. The molecule has 0 saturated carbocycles. The van der Waals surface area contributed by atoms with Gasteiger partial charge in [0.25, 0.3) is 0 Å². The van der Waals surface area contributed by atoms with Gasteiger partial charge in [-0.05, 0) is 13.5 Å². The summed E-state index contributed by atoms with van der Waals surface area (Å²) in [5.74, 6) is -0.220. The van der Waals surface area contributed by atoms with E-state index < -0.39 is 0 Å². The second kappa shape index (κ2) is 7.32. The maximum absolute atomic E-state index is 11.2. The Bertz CT molecular complexity index is 194. The van der Waals surface area contributed by atoms with E-state index in [0.717, 1.165) is 6.54 Å². The molecular weight excluding hydrogens is 182 g/mol. The molecule has 0 spiro atoms. The minimum atomic E-state index is -0.148. The number of nitrogens with one attached hydrogen (secondary N) is 2. The molecule has 0 heterocycles. The van der Waals surface area contributed by atoms with Crippen molar-refractivity contribution in [2.75, 3.05) is 33.2 Å². The highest BCUT2D eigenvalue weighted by atomic mass is 16.2. The van der Waals surface area contributed by atoms with Gasteiger partial charge in [-0.15, -0.1) is 0 Å². The van der Waals surface area contributed by atoms with Crippen LogP contribution in [0, 0.1) is 0 Å². The Morgan fingerprint density at radius 1 is 1.21 bits per heavy atom. The zero-order chi connectivity index (χ0) is 11.0. The van der Waals surface area contributed by atoms with Crippen molar-refractivity contribution in [1.29, 1.82) is 0 Å². The minimum absolute atomic E-state index is 0.0719. The summed E-state index contributed by atoms with van der Waals surface area (Å²) in [6, 6.07) is 0. The van der Waals surface area contributed by atoms with Gasteiger partial charge in [-0.2, -0.15) is 0 Å². The van der Waals surface area contributed by atoms with Crippen molar-refractivity contribution in [2.24, 2.45) is 0 Å². The predicted molar refractivity (Wildman–Crippen MR) is 54.9 cm³/mol. The molecule has 0 aliphatic heterocycles. The van der Waals surface area contributed by atoms with Crippen molar-refractivity contribution in [1.82, 2.24) is 15.5 Å². The molecule has 82 valence electrons. The Balaban J connectivity index is 3.61. The van der Waals surface area contributed by atoms with Crippen LogP contribution in [0.3, 0.4) is 0 Å². The molecule has 0 atom stereocenters. The largest absolute Gasteiger partial charge is 0.346 e. The molecule has 0 unspecified atom stereocenters. The van der Waals surface area contributed by atoms with Crippen LogP contribution in [0.2, 0.25) is 0 Å². The van der Waals surface area contributed by atoms with Gasteiger partial charge in [-0.1, -0.05) is 6.92 Å². The van der Waals surface area contributed by atoms with Gasteiger partial charge in [0.1, 0.15) is 0 Å². The summed E-state index contributed by atoms with van der Waals surface area (Å²) >= 11 is 0. The molecular formula is C9H19N3O2. The van der Waals surface area contributed by atoms with Crippen molar-refractivity contribution in [3.63, 3.8) is 0 Å². The minimum Gasteiger partial charge on any atom is -0.346 e. The summed E-state index contributed by atoms with van der Waals surface area (Å²) in [5, 5.41) is 5.42. The van der Waals surface area contributed by atoms with E-state index in [1.54, 1.807) is 11.9 Å². The highest BCUT2D eigenvalue weighted by Gasteiger charge is 2.07. The molecule has 0 aliphatic rings.